The van der Waals surface area contributed by atoms with Gasteiger partial charge in [-0.2, -0.15) is 0 Å². The number of methoxy groups -OCH3 is 1. The summed E-state index contributed by atoms with van der Waals surface area (Å²) >= 11 is 0. The lowest BCUT2D eigenvalue weighted by Gasteiger charge is -2.20. The van der Waals surface area contributed by atoms with E-state index >= 15 is 0 Å². The Labute approximate surface area is 175 Å². The van der Waals surface area contributed by atoms with Gasteiger partial charge < -0.3 is 20.1 Å². The molecule has 0 radical (unpaired) electrons. The lowest BCUT2D eigenvalue weighted by atomic mass is 9.96. The van der Waals surface area contributed by atoms with Gasteiger partial charge in [0.2, 0.25) is 5.91 Å². The lowest BCUT2D eigenvalue weighted by Crippen LogP contribution is -2.29. The lowest BCUT2D eigenvalue weighted by molar-refractivity contribution is -0.130. The Morgan fingerprint density at radius 1 is 1.23 bits per heavy atom. The summed E-state index contributed by atoms with van der Waals surface area (Å²) < 4.78 is 11.3. The molecule has 0 bridgehead atoms. The second-order valence-electron chi connectivity index (χ2n) is 7.60. The fourth-order valence-electron chi connectivity index (χ4n) is 3.92. The molecule has 1 atom stereocenters. The number of rotatable bonds is 6. The number of hydrogen-bond donors (Lipinski definition) is 1. The van der Waals surface area contributed by atoms with Gasteiger partial charge in [-0.25, -0.2) is 0 Å². The fraction of sp³-hybridized carbons (Fsp3) is 0.348. The number of likely N-dealkylation sites (tertiary alicyclic amines) is 1. The average Bonchev–Trinajstić information content (AvgIpc) is 3.29. The quantitative estimate of drug-likeness (QED) is 0.794. The first-order valence-electron chi connectivity index (χ1n) is 10.2. The molecule has 2 aromatic rings. The van der Waals surface area contributed by atoms with Crippen molar-refractivity contribution in [3.05, 3.63) is 53.9 Å². The molecule has 0 spiro atoms. The third kappa shape index (κ3) is 4.15. The zero-order valence-electron chi connectivity index (χ0n) is 17.0. The van der Waals surface area contributed by atoms with Crippen molar-refractivity contribution >= 4 is 22.7 Å². The number of benzene rings is 1. The third-order valence-corrected chi connectivity index (χ3v) is 5.57. The Balaban J connectivity index is 1.49. The molecule has 2 heterocycles. The van der Waals surface area contributed by atoms with Crippen molar-refractivity contribution in [1.82, 2.24) is 9.88 Å². The topological polar surface area (TPSA) is 94.8 Å². The normalized spacial score (nSPS) is 18.4. The van der Waals surface area contributed by atoms with Crippen molar-refractivity contribution in [2.45, 2.75) is 25.7 Å². The molecule has 0 saturated carbocycles. The Kier molecular flexibility index (Phi) is 5.70. The van der Waals surface area contributed by atoms with E-state index in [1.807, 2.05) is 23.1 Å². The van der Waals surface area contributed by atoms with Crippen molar-refractivity contribution in [1.29, 1.82) is 0 Å². The second kappa shape index (κ2) is 8.57. The molecule has 1 aliphatic carbocycles. The summed E-state index contributed by atoms with van der Waals surface area (Å²) in [5.41, 5.74) is 6.40. The Hall–Kier alpha value is -3.35. The first kappa shape index (κ1) is 19.9. The highest BCUT2D eigenvalue weighted by atomic mass is 16.5. The predicted octanol–water partition coefficient (Wildman–Crippen LogP) is 3.19. The Bertz CT molecular complexity index is 1040. The number of hydrogen-bond acceptors (Lipinski definition) is 5. The van der Waals surface area contributed by atoms with Crippen LogP contribution in [0, 0.1) is 5.92 Å². The summed E-state index contributed by atoms with van der Waals surface area (Å²) in [6.45, 7) is 1.76. The van der Waals surface area contributed by atoms with Crippen LogP contribution in [-0.2, 0) is 4.79 Å². The minimum atomic E-state index is -0.578. The molecule has 4 rings (SSSR count). The van der Waals surface area contributed by atoms with Gasteiger partial charge in [0.05, 0.1) is 18.2 Å². The molecule has 1 aromatic carbocycles. The molecule has 1 unspecified atom stereocenters. The molecular formula is C23H25N3O4. The standard InChI is InChI=1S/C23H25N3O4/c1-29-21-14-19-17(13-18(21)23(24)28)20(8-9-25-19)30-16-6-4-15(5-7-16)12-22(27)26-10-2-3-11-26/h4,6-9,13-15H,2-3,5,10-12H2,1H3,(H2,24,28). The van der Waals surface area contributed by atoms with E-state index in [0.29, 0.717) is 34.6 Å². The van der Waals surface area contributed by atoms with E-state index in [0.717, 1.165) is 32.4 Å². The molecule has 30 heavy (non-hydrogen) atoms. The summed E-state index contributed by atoms with van der Waals surface area (Å²) in [5.74, 6) is 1.49. The number of nitrogens with two attached hydrogens (primary N) is 1. The Morgan fingerprint density at radius 2 is 2.03 bits per heavy atom. The van der Waals surface area contributed by atoms with Gasteiger partial charge in [0, 0.05) is 37.2 Å². The number of fused-ring (bicyclic) bond motifs is 1. The van der Waals surface area contributed by atoms with Crippen LogP contribution in [0.3, 0.4) is 0 Å². The molecule has 7 nitrogen and oxygen atoms in total. The summed E-state index contributed by atoms with van der Waals surface area (Å²) in [5, 5.41) is 0.674. The van der Waals surface area contributed by atoms with Crippen LogP contribution in [0.15, 0.2) is 48.4 Å². The van der Waals surface area contributed by atoms with Crippen LogP contribution in [0.4, 0.5) is 0 Å². The van der Waals surface area contributed by atoms with E-state index in [1.165, 1.54) is 7.11 Å². The smallest absolute Gasteiger partial charge is 0.252 e. The zero-order chi connectivity index (χ0) is 21.1. The van der Waals surface area contributed by atoms with Crippen molar-refractivity contribution in [2.24, 2.45) is 11.7 Å². The van der Waals surface area contributed by atoms with Crippen molar-refractivity contribution in [3.8, 4) is 11.5 Å². The van der Waals surface area contributed by atoms with Crippen molar-refractivity contribution < 1.29 is 19.1 Å². The van der Waals surface area contributed by atoms with Crippen LogP contribution in [0.5, 0.6) is 11.5 Å². The second-order valence-corrected chi connectivity index (χ2v) is 7.60. The highest BCUT2D eigenvalue weighted by molar-refractivity contribution is 6.01. The largest absolute Gasteiger partial charge is 0.496 e. The van der Waals surface area contributed by atoms with Gasteiger partial charge in [-0.1, -0.05) is 6.08 Å². The summed E-state index contributed by atoms with van der Waals surface area (Å²) in [7, 11) is 1.48. The number of carbonyl (C=O) groups is 2. The molecule has 2 aliphatic rings. The van der Waals surface area contributed by atoms with Crippen molar-refractivity contribution in [2.75, 3.05) is 20.2 Å². The van der Waals surface area contributed by atoms with E-state index in [2.05, 4.69) is 4.98 Å². The third-order valence-electron chi connectivity index (χ3n) is 5.57. The van der Waals surface area contributed by atoms with Gasteiger partial charge in [-0.05, 0) is 49.5 Å². The number of nitrogens with zero attached hydrogens (tertiary/aromatic N) is 2. The van der Waals surface area contributed by atoms with Crippen LogP contribution in [0.1, 0.15) is 36.0 Å². The van der Waals surface area contributed by atoms with Crippen LogP contribution < -0.4 is 15.2 Å². The number of amides is 2. The monoisotopic (exact) mass is 407 g/mol. The van der Waals surface area contributed by atoms with Gasteiger partial charge >= 0.3 is 0 Å². The molecular weight excluding hydrogens is 382 g/mol. The number of allylic oxidation sites excluding steroid dienone is 3. The van der Waals surface area contributed by atoms with E-state index in [1.54, 1.807) is 24.4 Å². The minimum Gasteiger partial charge on any atom is -0.496 e. The van der Waals surface area contributed by atoms with Gasteiger partial charge in [-0.3, -0.25) is 14.6 Å². The van der Waals surface area contributed by atoms with Crippen LogP contribution in [-0.4, -0.2) is 41.9 Å². The maximum Gasteiger partial charge on any atom is 0.252 e. The zero-order valence-corrected chi connectivity index (χ0v) is 17.0. The molecule has 156 valence electrons. The number of primary amides is 1. The summed E-state index contributed by atoms with van der Waals surface area (Å²) in [4.78, 5) is 30.4. The van der Waals surface area contributed by atoms with Crippen LogP contribution in [0.25, 0.3) is 10.9 Å². The Morgan fingerprint density at radius 3 is 2.70 bits per heavy atom. The van der Waals surface area contributed by atoms with Crippen LogP contribution in [0.2, 0.25) is 0 Å². The molecule has 2 N–H and O–H groups in total. The van der Waals surface area contributed by atoms with Gasteiger partial charge in [-0.15, -0.1) is 0 Å². The maximum absolute atomic E-state index is 12.4. The fourth-order valence-corrected chi connectivity index (χ4v) is 3.92. The number of ether oxygens (including phenoxy) is 2. The van der Waals surface area contributed by atoms with E-state index in [9.17, 15) is 9.59 Å². The van der Waals surface area contributed by atoms with E-state index in [4.69, 9.17) is 15.2 Å². The summed E-state index contributed by atoms with van der Waals surface area (Å²) in [6, 6.07) is 5.06. The minimum absolute atomic E-state index is 0.186. The van der Waals surface area contributed by atoms with E-state index in [-0.39, 0.29) is 17.4 Å². The molecule has 1 saturated heterocycles. The highest BCUT2D eigenvalue weighted by Gasteiger charge is 2.22. The van der Waals surface area contributed by atoms with Gasteiger partial charge in [0.1, 0.15) is 17.3 Å². The van der Waals surface area contributed by atoms with E-state index < -0.39 is 5.91 Å². The van der Waals surface area contributed by atoms with Crippen molar-refractivity contribution in [3.63, 3.8) is 0 Å². The first-order chi connectivity index (χ1) is 14.5. The highest BCUT2D eigenvalue weighted by Crippen LogP contribution is 2.32. The number of pyridine rings is 1. The molecule has 1 aromatic heterocycles. The molecule has 7 heteroatoms. The van der Waals surface area contributed by atoms with Gasteiger partial charge in [0.15, 0.2) is 0 Å². The van der Waals surface area contributed by atoms with Crippen LogP contribution >= 0.6 is 0 Å². The first-order valence-corrected chi connectivity index (χ1v) is 10.2. The number of aromatic nitrogens is 1. The predicted molar refractivity (Wildman–Crippen MR) is 113 cm³/mol. The average molecular weight is 407 g/mol. The molecule has 2 amide bonds. The number of carbonyl (C=O) groups excluding carboxylic acids is 2. The molecule has 1 aliphatic heterocycles. The van der Waals surface area contributed by atoms with Gasteiger partial charge in [0.25, 0.3) is 5.91 Å². The molecule has 1 fully saturated rings. The SMILES string of the molecule is COc1cc2nccc(OC3=CCC(CC(=O)N4CCCC4)C=C3)c2cc1C(N)=O. The maximum atomic E-state index is 12.4. The summed E-state index contributed by atoms with van der Waals surface area (Å²) in [6.07, 6.45) is 11.1.